The van der Waals surface area contributed by atoms with Crippen molar-refractivity contribution in [1.82, 2.24) is 9.80 Å². The first-order valence-electron chi connectivity index (χ1n) is 7.88. The summed E-state index contributed by atoms with van der Waals surface area (Å²) < 4.78 is 0. The molecular formula is C17H25ClN2O. The molecule has 0 N–H and O–H groups in total. The Morgan fingerprint density at radius 3 is 2.67 bits per heavy atom. The van der Waals surface area contributed by atoms with Gasteiger partial charge in [-0.05, 0) is 56.4 Å². The molecule has 1 aromatic rings. The van der Waals surface area contributed by atoms with E-state index in [1.54, 1.807) is 0 Å². The smallest absolute Gasteiger partial charge is 0.210 e. The van der Waals surface area contributed by atoms with E-state index in [4.69, 9.17) is 11.6 Å². The molecule has 0 aliphatic carbocycles. The molecule has 0 radical (unpaired) electrons. The molecule has 21 heavy (non-hydrogen) atoms. The summed E-state index contributed by atoms with van der Waals surface area (Å²) in [7, 11) is 0. The summed E-state index contributed by atoms with van der Waals surface area (Å²) in [5, 5.41) is 0.737. The van der Waals surface area contributed by atoms with Crippen LogP contribution in [0.15, 0.2) is 24.3 Å². The van der Waals surface area contributed by atoms with Crippen LogP contribution in [0.3, 0.4) is 0 Å². The molecule has 116 valence electrons. The molecule has 0 spiro atoms. The molecule has 0 atom stereocenters. The highest BCUT2D eigenvalue weighted by Crippen LogP contribution is 2.21. The quantitative estimate of drug-likeness (QED) is 0.721. The molecule has 1 amide bonds. The number of rotatable bonds is 7. The first-order chi connectivity index (χ1) is 10.2. The lowest BCUT2D eigenvalue weighted by Gasteiger charge is -2.32. The van der Waals surface area contributed by atoms with Gasteiger partial charge in [-0.1, -0.05) is 36.7 Å². The monoisotopic (exact) mass is 308 g/mol. The van der Waals surface area contributed by atoms with Crippen LogP contribution >= 0.6 is 11.6 Å². The highest BCUT2D eigenvalue weighted by atomic mass is 35.5. The summed E-state index contributed by atoms with van der Waals surface area (Å²) in [6.07, 6.45) is 4.56. The molecule has 3 nitrogen and oxygen atoms in total. The average Bonchev–Trinajstić information content (AvgIpc) is 2.53. The summed E-state index contributed by atoms with van der Waals surface area (Å²) >= 11 is 6.16. The maximum Gasteiger partial charge on any atom is 0.210 e. The second-order valence-electron chi connectivity index (χ2n) is 5.83. The third-order valence-corrected chi connectivity index (χ3v) is 4.83. The van der Waals surface area contributed by atoms with Gasteiger partial charge < -0.3 is 9.80 Å². The van der Waals surface area contributed by atoms with Crippen LogP contribution < -0.4 is 0 Å². The standard InChI is InChI=1S/C17H25ClN2O/c1-2-19-10-7-15(8-11-19)9-12-20(14-21)13-16-5-3-4-6-17(16)18/h3-6,14-15H,2,7-13H2,1H3. The Morgan fingerprint density at radius 1 is 1.33 bits per heavy atom. The van der Waals surface area contributed by atoms with E-state index in [2.05, 4.69) is 11.8 Å². The van der Waals surface area contributed by atoms with Gasteiger partial charge >= 0.3 is 0 Å². The lowest BCUT2D eigenvalue weighted by atomic mass is 9.93. The van der Waals surface area contributed by atoms with Gasteiger partial charge in [0, 0.05) is 18.1 Å². The van der Waals surface area contributed by atoms with Crippen LogP contribution in [0.4, 0.5) is 0 Å². The average molecular weight is 309 g/mol. The highest BCUT2D eigenvalue weighted by Gasteiger charge is 2.18. The van der Waals surface area contributed by atoms with Crippen LogP contribution in [0.5, 0.6) is 0 Å². The molecule has 0 saturated carbocycles. The number of halogens is 1. The zero-order valence-corrected chi connectivity index (χ0v) is 13.6. The van der Waals surface area contributed by atoms with E-state index in [9.17, 15) is 4.79 Å². The summed E-state index contributed by atoms with van der Waals surface area (Å²) in [5.41, 5.74) is 1.02. The van der Waals surface area contributed by atoms with Crippen molar-refractivity contribution in [3.63, 3.8) is 0 Å². The number of hydrogen-bond acceptors (Lipinski definition) is 2. The van der Waals surface area contributed by atoms with Crippen LogP contribution in [-0.4, -0.2) is 42.4 Å². The lowest BCUT2D eigenvalue weighted by molar-refractivity contribution is -0.118. The number of benzene rings is 1. The van der Waals surface area contributed by atoms with Gasteiger partial charge in [-0.2, -0.15) is 0 Å². The van der Waals surface area contributed by atoms with E-state index in [1.165, 1.54) is 25.9 Å². The van der Waals surface area contributed by atoms with Crippen LogP contribution in [0.1, 0.15) is 31.7 Å². The number of likely N-dealkylation sites (tertiary alicyclic amines) is 1. The summed E-state index contributed by atoms with van der Waals surface area (Å²) in [6, 6.07) is 7.74. The summed E-state index contributed by atoms with van der Waals surface area (Å²) in [6.45, 7) is 7.21. The van der Waals surface area contributed by atoms with Gasteiger partial charge in [-0.25, -0.2) is 0 Å². The van der Waals surface area contributed by atoms with E-state index >= 15 is 0 Å². The van der Waals surface area contributed by atoms with E-state index < -0.39 is 0 Å². The first kappa shape index (κ1) is 16.3. The fraction of sp³-hybridized carbons (Fsp3) is 0.588. The van der Waals surface area contributed by atoms with E-state index in [0.29, 0.717) is 6.54 Å². The zero-order chi connectivity index (χ0) is 15.1. The van der Waals surface area contributed by atoms with Crippen LogP contribution in [0, 0.1) is 5.92 Å². The molecule has 1 saturated heterocycles. The minimum Gasteiger partial charge on any atom is -0.341 e. The molecule has 1 heterocycles. The third kappa shape index (κ3) is 5.01. The Hall–Kier alpha value is -1.06. The maximum atomic E-state index is 11.3. The molecule has 0 aromatic heterocycles. The van der Waals surface area contributed by atoms with Crippen molar-refractivity contribution < 1.29 is 4.79 Å². The van der Waals surface area contributed by atoms with E-state index in [0.717, 1.165) is 42.4 Å². The molecule has 0 bridgehead atoms. The minimum absolute atomic E-state index is 0.608. The van der Waals surface area contributed by atoms with Crippen LogP contribution in [0.25, 0.3) is 0 Å². The zero-order valence-electron chi connectivity index (χ0n) is 12.8. The molecule has 1 aromatic carbocycles. The van der Waals surface area contributed by atoms with Crippen molar-refractivity contribution in [2.45, 2.75) is 32.7 Å². The number of carbonyl (C=O) groups excluding carboxylic acids is 1. The summed E-state index contributed by atoms with van der Waals surface area (Å²) in [5.74, 6) is 0.751. The molecule has 2 rings (SSSR count). The second kappa shape index (κ2) is 8.40. The number of amides is 1. The Bertz CT molecular complexity index is 444. The van der Waals surface area contributed by atoms with Gasteiger partial charge in [0.2, 0.25) is 6.41 Å². The van der Waals surface area contributed by atoms with Gasteiger partial charge in [0.25, 0.3) is 0 Å². The minimum atomic E-state index is 0.608. The van der Waals surface area contributed by atoms with Crippen molar-refractivity contribution in [2.24, 2.45) is 5.92 Å². The van der Waals surface area contributed by atoms with Crippen molar-refractivity contribution in [3.05, 3.63) is 34.9 Å². The molecule has 1 aliphatic heterocycles. The van der Waals surface area contributed by atoms with Crippen molar-refractivity contribution in [1.29, 1.82) is 0 Å². The van der Waals surface area contributed by atoms with E-state index in [-0.39, 0.29) is 0 Å². The van der Waals surface area contributed by atoms with Gasteiger partial charge in [-0.3, -0.25) is 4.79 Å². The fourth-order valence-electron chi connectivity index (χ4n) is 2.95. The molecule has 0 unspecified atom stereocenters. The lowest BCUT2D eigenvalue weighted by Crippen LogP contribution is -2.34. The van der Waals surface area contributed by atoms with Crippen molar-refractivity contribution in [3.8, 4) is 0 Å². The SMILES string of the molecule is CCN1CCC(CCN(C=O)Cc2ccccc2Cl)CC1. The molecular weight excluding hydrogens is 284 g/mol. The largest absolute Gasteiger partial charge is 0.341 e. The number of carbonyl (C=O) groups is 1. The Labute approximate surface area is 132 Å². The summed E-state index contributed by atoms with van der Waals surface area (Å²) in [4.78, 5) is 15.6. The van der Waals surface area contributed by atoms with Gasteiger partial charge in [0.15, 0.2) is 0 Å². The number of nitrogens with zero attached hydrogens (tertiary/aromatic N) is 2. The molecule has 1 fully saturated rings. The van der Waals surface area contributed by atoms with Crippen molar-refractivity contribution in [2.75, 3.05) is 26.2 Å². The first-order valence-corrected chi connectivity index (χ1v) is 8.25. The second-order valence-corrected chi connectivity index (χ2v) is 6.24. The van der Waals surface area contributed by atoms with Crippen LogP contribution in [-0.2, 0) is 11.3 Å². The van der Waals surface area contributed by atoms with Gasteiger partial charge in [0.05, 0.1) is 0 Å². The van der Waals surface area contributed by atoms with Gasteiger partial charge in [-0.15, -0.1) is 0 Å². The normalized spacial score (nSPS) is 16.9. The Morgan fingerprint density at radius 2 is 2.05 bits per heavy atom. The van der Waals surface area contributed by atoms with E-state index in [1.807, 2.05) is 29.2 Å². The van der Waals surface area contributed by atoms with Crippen LogP contribution in [0.2, 0.25) is 5.02 Å². The van der Waals surface area contributed by atoms with Gasteiger partial charge in [0.1, 0.15) is 0 Å². The third-order valence-electron chi connectivity index (χ3n) is 4.46. The molecule has 1 aliphatic rings. The number of piperidine rings is 1. The maximum absolute atomic E-state index is 11.3. The highest BCUT2D eigenvalue weighted by molar-refractivity contribution is 6.31. The van der Waals surface area contributed by atoms with Crippen molar-refractivity contribution >= 4 is 18.0 Å². The Kier molecular flexibility index (Phi) is 6.52. The number of hydrogen-bond donors (Lipinski definition) is 0. The predicted octanol–water partition coefficient (Wildman–Crippen LogP) is 3.42. The fourth-order valence-corrected chi connectivity index (χ4v) is 3.15. The topological polar surface area (TPSA) is 23.6 Å². The molecule has 4 heteroatoms. The predicted molar refractivity (Wildman–Crippen MR) is 87.4 cm³/mol. The Balaban J connectivity index is 1.78.